The fourth-order valence-corrected chi connectivity index (χ4v) is 4.22. The van der Waals surface area contributed by atoms with Gasteiger partial charge in [0.1, 0.15) is 0 Å². The second-order valence-corrected chi connectivity index (χ2v) is 6.95. The highest BCUT2D eigenvalue weighted by molar-refractivity contribution is 7.89. The quantitative estimate of drug-likeness (QED) is 0.803. The highest BCUT2D eigenvalue weighted by atomic mass is 32.2. The molecule has 0 bridgehead atoms. The summed E-state index contributed by atoms with van der Waals surface area (Å²) in [5.41, 5.74) is 0. The van der Waals surface area contributed by atoms with E-state index in [1.165, 1.54) is 12.8 Å². The minimum Gasteiger partial charge on any atom is -0.314 e. The number of hydrogen-bond acceptors (Lipinski definition) is 3. The Labute approximate surface area is 98.4 Å². The van der Waals surface area contributed by atoms with Crippen molar-refractivity contribution in [1.29, 1.82) is 0 Å². The van der Waals surface area contributed by atoms with Crippen LogP contribution in [0.3, 0.4) is 0 Å². The van der Waals surface area contributed by atoms with Crippen molar-refractivity contribution in [1.82, 2.24) is 9.62 Å². The van der Waals surface area contributed by atoms with Crippen molar-refractivity contribution in [3.05, 3.63) is 0 Å². The van der Waals surface area contributed by atoms with Crippen LogP contribution >= 0.6 is 0 Å². The molecule has 1 unspecified atom stereocenters. The lowest BCUT2D eigenvalue weighted by Crippen LogP contribution is -2.38. The van der Waals surface area contributed by atoms with Gasteiger partial charge in [-0.2, -0.15) is 0 Å². The maximum Gasteiger partial charge on any atom is 0.214 e. The van der Waals surface area contributed by atoms with Crippen molar-refractivity contribution in [2.24, 2.45) is 0 Å². The average Bonchev–Trinajstić information content (AvgIpc) is 2.81. The van der Waals surface area contributed by atoms with Gasteiger partial charge in [-0.3, -0.25) is 0 Å². The largest absolute Gasteiger partial charge is 0.314 e. The van der Waals surface area contributed by atoms with Crippen molar-refractivity contribution >= 4 is 10.0 Å². The summed E-state index contributed by atoms with van der Waals surface area (Å²) >= 11 is 0. The van der Waals surface area contributed by atoms with Crippen LogP contribution in [0.2, 0.25) is 0 Å². The Hall–Kier alpha value is -0.130. The lowest BCUT2D eigenvalue weighted by atomic mass is 10.2. The number of nitrogens with one attached hydrogen (secondary N) is 1. The summed E-state index contributed by atoms with van der Waals surface area (Å²) in [4.78, 5) is 0. The molecular weight excluding hydrogens is 224 g/mol. The SMILES string of the molecule is O=S(=O)(CCC1CCCN1)N1CCCCC1. The van der Waals surface area contributed by atoms with Gasteiger partial charge in [-0.05, 0) is 38.6 Å². The summed E-state index contributed by atoms with van der Waals surface area (Å²) in [5.74, 6) is 0.324. The van der Waals surface area contributed by atoms with Crippen LogP contribution < -0.4 is 5.32 Å². The molecular formula is C11H22N2O2S. The first-order valence-corrected chi connectivity index (χ1v) is 8.00. The van der Waals surface area contributed by atoms with Crippen molar-refractivity contribution < 1.29 is 8.42 Å². The van der Waals surface area contributed by atoms with Gasteiger partial charge >= 0.3 is 0 Å². The summed E-state index contributed by atoms with van der Waals surface area (Å²) in [6.45, 7) is 2.52. The van der Waals surface area contributed by atoms with E-state index in [-0.39, 0.29) is 0 Å². The molecule has 0 aromatic heterocycles. The van der Waals surface area contributed by atoms with E-state index in [4.69, 9.17) is 0 Å². The summed E-state index contributed by atoms with van der Waals surface area (Å²) in [5, 5.41) is 3.35. The number of nitrogens with zero attached hydrogens (tertiary/aromatic N) is 1. The van der Waals surface area contributed by atoms with Crippen LogP contribution in [-0.4, -0.2) is 44.2 Å². The first-order chi connectivity index (χ1) is 7.68. The molecule has 2 saturated heterocycles. The maximum absolute atomic E-state index is 12.0. The predicted octanol–water partition coefficient (Wildman–Crippen LogP) is 0.944. The van der Waals surface area contributed by atoms with Gasteiger partial charge in [0.2, 0.25) is 10.0 Å². The second kappa shape index (κ2) is 5.47. The number of hydrogen-bond donors (Lipinski definition) is 1. The van der Waals surface area contributed by atoms with E-state index >= 15 is 0 Å². The maximum atomic E-state index is 12.0. The Kier molecular flexibility index (Phi) is 4.21. The molecule has 2 rings (SSSR count). The van der Waals surface area contributed by atoms with Gasteiger partial charge in [0.15, 0.2) is 0 Å². The normalized spacial score (nSPS) is 28.4. The number of sulfonamides is 1. The average molecular weight is 246 g/mol. The summed E-state index contributed by atoms with van der Waals surface area (Å²) in [6, 6.07) is 0.430. The van der Waals surface area contributed by atoms with Gasteiger partial charge in [0, 0.05) is 19.1 Å². The molecule has 2 heterocycles. The Bertz CT molecular complexity index is 304. The molecule has 4 nitrogen and oxygen atoms in total. The third-order valence-corrected chi connectivity index (χ3v) is 5.50. The monoisotopic (exact) mass is 246 g/mol. The fraction of sp³-hybridized carbons (Fsp3) is 1.00. The molecule has 2 aliphatic rings. The van der Waals surface area contributed by atoms with Gasteiger partial charge < -0.3 is 5.32 Å². The summed E-state index contributed by atoms with van der Waals surface area (Å²) in [7, 11) is -2.98. The minimum atomic E-state index is -2.98. The van der Waals surface area contributed by atoms with Crippen LogP contribution in [0.1, 0.15) is 38.5 Å². The van der Waals surface area contributed by atoms with Crippen molar-refractivity contribution in [2.45, 2.75) is 44.6 Å². The van der Waals surface area contributed by atoms with Crippen molar-refractivity contribution in [3.63, 3.8) is 0 Å². The standard InChI is InChI=1S/C11H22N2O2S/c14-16(15,13-8-2-1-3-9-13)10-6-11-5-4-7-12-11/h11-12H,1-10H2. The Morgan fingerprint density at radius 3 is 2.50 bits per heavy atom. The molecule has 0 spiro atoms. The number of rotatable bonds is 4. The predicted molar refractivity (Wildman–Crippen MR) is 64.9 cm³/mol. The molecule has 2 aliphatic heterocycles. The highest BCUT2D eigenvalue weighted by Gasteiger charge is 2.25. The molecule has 0 radical (unpaired) electrons. The lowest BCUT2D eigenvalue weighted by molar-refractivity contribution is 0.345. The van der Waals surface area contributed by atoms with Gasteiger partial charge in [-0.1, -0.05) is 6.42 Å². The second-order valence-electron chi connectivity index (χ2n) is 4.86. The zero-order chi connectivity index (χ0) is 11.4. The Morgan fingerprint density at radius 1 is 1.12 bits per heavy atom. The summed E-state index contributed by atoms with van der Waals surface area (Å²) < 4.78 is 25.8. The molecule has 0 aromatic rings. The molecule has 16 heavy (non-hydrogen) atoms. The van der Waals surface area contributed by atoms with Crippen molar-refractivity contribution in [3.8, 4) is 0 Å². The van der Waals surface area contributed by atoms with Crippen LogP contribution in [0.15, 0.2) is 0 Å². The van der Waals surface area contributed by atoms with Crippen LogP contribution in [0.25, 0.3) is 0 Å². The van der Waals surface area contributed by atoms with Gasteiger partial charge in [-0.25, -0.2) is 12.7 Å². The van der Waals surface area contributed by atoms with E-state index in [2.05, 4.69) is 5.32 Å². The van der Waals surface area contributed by atoms with E-state index in [0.29, 0.717) is 11.8 Å². The zero-order valence-electron chi connectivity index (χ0n) is 9.82. The molecule has 2 fully saturated rings. The number of piperidine rings is 1. The highest BCUT2D eigenvalue weighted by Crippen LogP contribution is 2.16. The van der Waals surface area contributed by atoms with Gasteiger partial charge in [-0.15, -0.1) is 0 Å². The molecule has 0 amide bonds. The van der Waals surface area contributed by atoms with Crippen LogP contribution in [-0.2, 0) is 10.0 Å². The Morgan fingerprint density at radius 2 is 1.88 bits per heavy atom. The van der Waals surface area contributed by atoms with E-state index in [9.17, 15) is 8.42 Å². The van der Waals surface area contributed by atoms with Gasteiger partial charge in [0.25, 0.3) is 0 Å². The fourth-order valence-electron chi connectivity index (χ4n) is 2.57. The van der Waals surface area contributed by atoms with E-state index < -0.39 is 10.0 Å². The molecule has 0 aliphatic carbocycles. The van der Waals surface area contributed by atoms with Crippen LogP contribution in [0.4, 0.5) is 0 Å². The van der Waals surface area contributed by atoms with Crippen LogP contribution in [0.5, 0.6) is 0 Å². The first kappa shape index (κ1) is 12.3. The zero-order valence-corrected chi connectivity index (χ0v) is 10.6. The topological polar surface area (TPSA) is 49.4 Å². The third kappa shape index (κ3) is 3.18. The minimum absolute atomic E-state index is 0.324. The smallest absolute Gasteiger partial charge is 0.214 e. The Balaban J connectivity index is 1.81. The van der Waals surface area contributed by atoms with E-state index in [1.54, 1.807) is 4.31 Å². The molecule has 0 aromatic carbocycles. The van der Waals surface area contributed by atoms with Crippen LogP contribution in [0, 0.1) is 0 Å². The molecule has 1 atom stereocenters. The molecule has 0 saturated carbocycles. The van der Waals surface area contributed by atoms with Crippen molar-refractivity contribution in [2.75, 3.05) is 25.4 Å². The molecule has 1 N–H and O–H groups in total. The first-order valence-electron chi connectivity index (χ1n) is 6.40. The lowest BCUT2D eigenvalue weighted by Gasteiger charge is -2.26. The third-order valence-electron chi connectivity index (χ3n) is 3.60. The molecule has 5 heteroatoms. The summed E-state index contributed by atoms with van der Waals surface area (Å²) in [6.07, 6.45) is 6.33. The van der Waals surface area contributed by atoms with E-state index in [0.717, 1.165) is 45.3 Å². The van der Waals surface area contributed by atoms with E-state index in [1.807, 2.05) is 0 Å². The molecule has 94 valence electrons. The van der Waals surface area contributed by atoms with Gasteiger partial charge in [0.05, 0.1) is 5.75 Å².